The number of nitrogens with one attached hydrogen (secondary N) is 1. The highest BCUT2D eigenvalue weighted by Gasteiger charge is 2.18. The molecule has 27 heavy (non-hydrogen) atoms. The van der Waals surface area contributed by atoms with E-state index < -0.39 is 5.97 Å². The summed E-state index contributed by atoms with van der Waals surface area (Å²) in [7, 11) is 1.65. The summed E-state index contributed by atoms with van der Waals surface area (Å²) in [6.07, 6.45) is 4.55. The van der Waals surface area contributed by atoms with E-state index in [0.29, 0.717) is 17.8 Å². The van der Waals surface area contributed by atoms with E-state index in [1.54, 1.807) is 19.2 Å². The largest absolute Gasteiger partial charge is 0.497 e. The molecule has 0 radical (unpaired) electrons. The number of aromatic amines is 1. The zero-order valence-electron chi connectivity index (χ0n) is 14.8. The summed E-state index contributed by atoms with van der Waals surface area (Å²) in [6.45, 7) is 0.705. The van der Waals surface area contributed by atoms with E-state index >= 15 is 0 Å². The number of carboxylic acid groups (broad SMARTS) is 1. The fourth-order valence-corrected chi connectivity index (χ4v) is 3.36. The number of carboxylic acids is 1. The highest BCUT2D eigenvalue weighted by molar-refractivity contribution is 6.14. The summed E-state index contributed by atoms with van der Waals surface area (Å²) in [5.41, 5.74) is 11.4. The maximum atomic E-state index is 11.2. The maximum Gasteiger partial charge on any atom is 0.335 e. The van der Waals surface area contributed by atoms with Crippen molar-refractivity contribution in [2.24, 2.45) is 4.99 Å². The molecule has 3 aromatic rings. The average Bonchev–Trinajstić information content (AvgIpc) is 3.05. The zero-order valence-corrected chi connectivity index (χ0v) is 14.8. The SMILES string of the molecule is COc1ccc2c3c([nH]c2c1)C(/C=C/c1cc(C(=O)O)ccc1N)=NCC3. The summed E-state index contributed by atoms with van der Waals surface area (Å²) in [4.78, 5) is 19.2. The molecule has 0 bridgehead atoms. The molecule has 2 heterocycles. The second-order valence-electron chi connectivity index (χ2n) is 6.39. The van der Waals surface area contributed by atoms with Crippen LogP contribution in [0.2, 0.25) is 0 Å². The van der Waals surface area contributed by atoms with Gasteiger partial charge >= 0.3 is 5.97 Å². The van der Waals surface area contributed by atoms with Gasteiger partial charge in [0.1, 0.15) is 5.75 Å². The van der Waals surface area contributed by atoms with Gasteiger partial charge in [-0.25, -0.2) is 4.79 Å². The second-order valence-corrected chi connectivity index (χ2v) is 6.39. The molecular weight excluding hydrogens is 342 g/mol. The van der Waals surface area contributed by atoms with Gasteiger partial charge in [0.05, 0.1) is 24.1 Å². The smallest absolute Gasteiger partial charge is 0.335 e. The van der Waals surface area contributed by atoms with Crippen molar-refractivity contribution >= 4 is 34.3 Å². The van der Waals surface area contributed by atoms with E-state index in [1.165, 1.54) is 17.0 Å². The average molecular weight is 361 g/mol. The molecular formula is C21H19N3O3. The number of H-pyrrole nitrogens is 1. The van der Waals surface area contributed by atoms with Crippen molar-refractivity contribution in [3.63, 3.8) is 0 Å². The Kier molecular flexibility index (Phi) is 4.16. The number of carbonyl (C=O) groups is 1. The predicted molar refractivity (Wildman–Crippen MR) is 107 cm³/mol. The first-order chi connectivity index (χ1) is 13.1. The summed E-state index contributed by atoms with van der Waals surface area (Å²) >= 11 is 0. The first-order valence-electron chi connectivity index (χ1n) is 8.61. The Balaban J connectivity index is 1.72. The first kappa shape index (κ1) is 16.9. The molecule has 0 saturated carbocycles. The molecule has 1 aliphatic rings. The van der Waals surface area contributed by atoms with Gasteiger partial charge in [-0.3, -0.25) is 4.99 Å². The number of nitrogen functional groups attached to an aromatic ring is 1. The van der Waals surface area contributed by atoms with Gasteiger partial charge in [-0.05, 0) is 54.0 Å². The number of hydrogen-bond donors (Lipinski definition) is 3. The number of nitrogens with zero attached hydrogens (tertiary/aromatic N) is 1. The molecule has 6 heteroatoms. The number of fused-ring (bicyclic) bond motifs is 3. The van der Waals surface area contributed by atoms with Crippen molar-refractivity contribution in [1.82, 2.24) is 4.98 Å². The van der Waals surface area contributed by atoms with Gasteiger partial charge < -0.3 is 20.6 Å². The van der Waals surface area contributed by atoms with E-state index in [9.17, 15) is 4.79 Å². The topological polar surface area (TPSA) is 101 Å². The molecule has 0 unspecified atom stereocenters. The minimum Gasteiger partial charge on any atom is -0.497 e. The quantitative estimate of drug-likeness (QED) is 0.619. The zero-order chi connectivity index (χ0) is 19.0. The Labute approximate surface area is 156 Å². The van der Waals surface area contributed by atoms with E-state index in [0.717, 1.165) is 29.1 Å². The molecule has 1 aromatic heterocycles. The van der Waals surface area contributed by atoms with Crippen LogP contribution < -0.4 is 10.5 Å². The number of aliphatic imine (C=N–C) groups is 1. The molecule has 6 nitrogen and oxygen atoms in total. The van der Waals surface area contributed by atoms with Gasteiger partial charge in [-0.15, -0.1) is 0 Å². The highest BCUT2D eigenvalue weighted by Crippen LogP contribution is 2.29. The first-order valence-corrected chi connectivity index (χ1v) is 8.61. The van der Waals surface area contributed by atoms with Gasteiger partial charge in [0.25, 0.3) is 0 Å². The van der Waals surface area contributed by atoms with Gasteiger partial charge in [-0.2, -0.15) is 0 Å². The molecule has 0 spiro atoms. The van der Waals surface area contributed by atoms with Gasteiger partial charge in [0.2, 0.25) is 0 Å². The third-order valence-corrected chi connectivity index (χ3v) is 4.77. The molecule has 4 N–H and O–H groups in total. The minimum absolute atomic E-state index is 0.202. The second kappa shape index (κ2) is 6.64. The number of rotatable bonds is 4. The van der Waals surface area contributed by atoms with Gasteiger partial charge in [0, 0.05) is 29.2 Å². The number of methoxy groups -OCH3 is 1. The maximum absolute atomic E-state index is 11.2. The number of hydrogen-bond acceptors (Lipinski definition) is 4. The van der Waals surface area contributed by atoms with Crippen LogP contribution in [0.15, 0.2) is 47.5 Å². The number of allylic oxidation sites excluding steroid dienone is 1. The minimum atomic E-state index is -0.980. The van der Waals surface area contributed by atoms with Crippen molar-refractivity contribution in [3.8, 4) is 5.75 Å². The molecule has 1 aliphatic heterocycles. The van der Waals surface area contributed by atoms with E-state index in [4.69, 9.17) is 15.6 Å². The Morgan fingerprint density at radius 3 is 2.89 bits per heavy atom. The fourth-order valence-electron chi connectivity index (χ4n) is 3.36. The highest BCUT2D eigenvalue weighted by atomic mass is 16.5. The third kappa shape index (κ3) is 3.06. The summed E-state index contributed by atoms with van der Waals surface area (Å²) < 4.78 is 5.30. The summed E-state index contributed by atoms with van der Waals surface area (Å²) in [5.74, 6) is -0.181. The van der Waals surface area contributed by atoms with E-state index in [2.05, 4.69) is 16.0 Å². The molecule has 0 saturated heterocycles. The Bertz CT molecular complexity index is 1110. The molecule has 0 fully saturated rings. The number of benzene rings is 2. The molecule has 136 valence electrons. The third-order valence-electron chi connectivity index (χ3n) is 4.77. The van der Waals surface area contributed by atoms with Crippen molar-refractivity contribution in [1.29, 1.82) is 0 Å². The van der Waals surface area contributed by atoms with Crippen LogP contribution in [0.5, 0.6) is 5.75 Å². The normalized spacial score (nSPS) is 13.6. The molecule has 2 aromatic carbocycles. The number of nitrogens with two attached hydrogens (primary N) is 1. The molecule has 4 rings (SSSR count). The number of aromatic nitrogens is 1. The fraction of sp³-hybridized carbons (Fsp3) is 0.143. The summed E-state index contributed by atoms with van der Waals surface area (Å²) in [5, 5.41) is 10.3. The van der Waals surface area contributed by atoms with Crippen LogP contribution in [0, 0.1) is 0 Å². The van der Waals surface area contributed by atoms with E-state index in [1.807, 2.05) is 24.3 Å². The van der Waals surface area contributed by atoms with Crippen LogP contribution in [0.3, 0.4) is 0 Å². The lowest BCUT2D eigenvalue weighted by Gasteiger charge is -2.10. The number of aromatic carboxylic acids is 1. The Morgan fingerprint density at radius 2 is 2.11 bits per heavy atom. The van der Waals surface area contributed by atoms with Gasteiger partial charge in [0.15, 0.2) is 0 Å². The van der Waals surface area contributed by atoms with Crippen LogP contribution in [0.4, 0.5) is 5.69 Å². The Hall–Kier alpha value is -3.54. The van der Waals surface area contributed by atoms with Crippen LogP contribution >= 0.6 is 0 Å². The molecule has 0 amide bonds. The number of anilines is 1. The monoisotopic (exact) mass is 361 g/mol. The van der Waals surface area contributed by atoms with Crippen LogP contribution in [-0.2, 0) is 6.42 Å². The van der Waals surface area contributed by atoms with Crippen molar-refractivity contribution in [3.05, 3.63) is 64.9 Å². The van der Waals surface area contributed by atoms with Crippen molar-refractivity contribution < 1.29 is 14.6 Å². The van der Waals surface area contributed by atoms with Crippen LogP contribution in [-0.4, -0.2) is 35.4 Å². The van der Waals surface area contributed by atoms with Crippen molar-refractivity contribution in [2.45, 2.75) is 6.42 Å². The van der Waals surface area contributed by atoms with Gasteiger partial charge in [-0.1, -0.05) is 6.08 Å². The Morgan fingerprint density at radius 1 is 1.26 bits per heavy atom. The predicted octanol–water partition coefficient (Wildman–Crippen LogP) is 3.52. The summed E-state index contributed by atoms with van der Waals surface area (Å²) in [6, 6.07) is 10.7. The van der Waals surface area contributed by atoms with Crippen molar-refractivity contribution in [2.75, 3.05) is 19.4 Å². The standard InChI is InChI=1S/C21H19N3O3/c1-27-14-4-5-15-16-8-9-23-18(20(16)24-19(15)11-14)7-3-12-10-13(21(25)26)2-6-17(12)22/h2-7,10-11,24H,8-9,22H2,1H3,(H,25,26)/b7-3+. The lowest BCUT2D eigenvalue weighted by atomic mass is 10.0. The molecule has 0 aliphatic carbocycles. The lowest BCUT2D eigenvalue weighted by molar-refractivity contribution is 0.0697. The van der Waals surface area contributed by atoms with Crippen LogP contribution in [0.25, 0.3) is 17.0 Å². The number of ether oxygens (including phenoxy) is 1. The lowest BCUT2D eigenvalue weighted by Crippen LogP contribution is -2.10. The molecule has 0 atom stereocenters. The van der Waals surface area contributed by atoms with E-state index in [-0.39, 0.29) is 5.56 Å². The van der Waals surface area contributed by atoms with Crippen LogP contribution in [0.1, 0.15) is 27.2 Å².